The van der Waals surface area contributed by atoms with Crippen molar-refractivity contribution in [2.45, 2.75) is 44.4 Å². The number of aliphatic carboxylic acids is 1. The number of carboxylic acid groups (broad SMARTS) is 1. The first-order valence-corrected chi connectivity index (χ1v) is 9.53. The van der Waals surface area contributed by atoms with Gasteiger partial charge in [-0.2, -0.15) is 0 Å². The van der Waals surface area contributed by atoms with Crippen LogP contribution < -0.4 is 4.74 Å². The summed E-state index contributed by atoms with van der Waals surface area (Å²) in [4.78, 5) is 28.7. The fourth-order valence-electron chi connectivity index (χ4n) is 4.08. The van der Waals surface area contributed by atoms with Crippen molar-refractivity contribution in [2.24, 2.45) is 0 Å². The Morgan fingerprint density at radius 3 is 2.48 bits per heavy atom. The number of carbonyl (C=O) groups excluding carboxylic acids is 1. The summed E-state index contributed by atoms with van der Waals surface area (Å²) >= 11 is 0. The van der Waals surface area contributed by atoms with Crippen LogP contribution in [0.15, 0.2) is 24.3 Å². The maximum Gasteiger partial charge on any atom is 0.328 e. The number of hydrogen-bond donors (Lipinski definition) is 1. The molecular formula is C20H28N2O5. The lowest BCUT2D eigenvalue weighted by Gasteiger charge is -2.44. The quantitative estimate of drug-likeness (QED) is 0.815. The Bertz CT molecular complexity index is 667. The number of hydrogen-bond acceptors (Lipinski definition) is 5. The van der Waals surface area contributed by atoms with Crippen LogP contribution in [0.25, 0.3) is 0 Å². The summed E-state index contributed by atoms with van der Waals surface area (Å²) in [6.07, 6.45) is 2.51. The van der Waals surface area contributed by atoms with E-state index in [2.05, 4.69) is 11.8 Å². The van der Waals surface area contributed by atoms with Crippen LogP contribution in [0.1, 0.15) is 31.7 Å². The lowest BCUT2D eigenvalue weighted by molar-refractivity contribution is -0.165. The first-order valence-electron chi connectivity index (χ1n) is 9.53. The van der Waals surface area contributed by atoms with E-state index in [0.717, 1.165) is 37.4 Å². The highest BCUT2D eigenvalue weighted by Gasteiger charge is 2.53. The lowest BCUT2D eigenvalue weighted by Crippen LogP contribution is -2.58. The maximum atomic E-state index is 13.1. The molecule has 1 atom stereocenters. The molecule has 0 aromatic heterocycles. The topological polar surface area (TPSA) is 79.3 Å². The number of methoxy groups -OCH3 is 1. The molecule has 1 N–H and O–H groups in total. The van der Waals surface area contributed by atoms with Crippen molar-refractivity contribution in [3.63, 3.8) is 0 Å². The highest BCUT2D eigenvalue weighted by Crippen LogP contribution is 2.38. The summed E-state index contributed by atoms with van der Waals surface area (Å²) < 4.78 is 11.1. The molecule has 1 aromatic carbocycles. The maximum absolute atomic E-state index is 13.1. The Hall–Kier alpha value is -2.12. The van der Waals surface area contributed by atoms with Gasteiger partial charge in [0, 0.05) is 25.9 Å². The summed E-state index contributed by atoms with van der Waals surface area (Å²) in [6, 6.07) is 6.35. The highest BCUT2D eigenvalue weighted by atomic mass is 16.5. The van der Waals surface area contributed by atoms with Crippen molar-refractivity contribution >= 4 is 11.9 Å². The molecule has 0 bridgehead atoms. The summed E-state index contributed by atoms with van der Waals surface area (Å²) in [5.74, 6) is -0.487. The third-order valence-electron chi connectivity index (χ3n) is 5.51. The zero-order valence-corrected chi connectivity index (χ0v) is 16.0. The molecule has 1 amide bonds. The van der Waals surface area contributed by atoms with Gasteiger partial charge in [0.1, 0.15) is 11.5 Å². The van der Waals surface area contributed by atoms with Gasteiger partial charge in [0.2, 0.25) is 5.91 Å². The minimum absolute atomic E-state index is 0.0530. The SMILES string of the molecule is CCCN1CCC2(CC1)OC[C@@H](C(=O)O)N2C(=O)Cc1ccc(OC)cc1. The van der Waals surface area contributed by atoms with Crippen molar-refractivity contribution in [3.8, 4) is 5.75 Å². The predicted molar refractivity (Wildman–Crippen MR) is 99.6 cm³/mol. The molecule has 2 aliphatic heterocycles. The standard InChI is InChI=1S/C20H28N2O5/c1-3-10-21-11-8-20(9-12-21)22(17(14-27-20)19(24)25)18(23)13-15-4-6-16(26-2)7-5-15/h4-7,17H,3,8-14H2,1-2H3,(H,24,25)/t17-/m0/s1. The lowest BCUT2D eigenvalue weighted by atomic mass is 9.96. The van der Waals surface area contributed by atoms with E-state index < -0.39 is 17.7 Å². The van der Waals surface area contributed by atoms with Gasteiger partial charge in [-0.15, -0.1) is 0 Å². The molecule has 0 saturated carbocycles. The van der Waals surface area contributed by atoms with Gasteiger partial charge in [0.25, 0.3) is 0 Å². The average Bonchev–Trinajstić information content (AvgIpc) is 3.04. The number of ether oxygens (including phenoxy) is 2. The van der Waals surface area contributed by atoms with Crippen molar-refractivity contribution in [2.75, 3.05) is 33.4 Å². The monoisotopic (exact) mass is 376 g/mol. The van der Waals surface area contributed by atoms with Crippen LogP contribution in [0.2, 0.25) is 0 Å². The molecule has 1 aromatic rings. The van der Waals surface area contributed by atoms with Crippen LogP contribution in [0.5, 0.6) is 5.75 Å². The number of nitrogens with zero attached hydrogens (tertiary/aromatic N) is 2. The van der Waals surface area contributed by atoms with Crippen LogP contribution in [-0.2, 0) is 20.7 Å². The zero-order valence-electron chi connectivity index (χ0n) is 16.0. The Balaban J connectivity index is 1.77. The molecule has 3 rings (SSSR count). The number of amides is 1. The van der Waals surface area contributed by atoms with E-state index >= 15 is 0 Å². The summed E-state index contributed by atoms with van der Waals surface area (Å²) in [6.45, 7) is 4.83. The first kappa shape index (κ1) is 19.6. The van der Waals surface area contributed by atoms with E-state index in [-0.39, 0.29) is 18.9 Å². The number of rotatable bonds is 6. The minimum Gasteiger partial charge on any atom is -0.497 e. The minimum atomic E-state index is -1.01. The Morgan fingerprint density at radius 2 is 1.93 bits per heavy atom. The average molecular weight is 376 g/mol. The number of carboxylic acids is 1. The fraction of sp³-hybridized carbons (Fsp3) is 0.600. The Morgan fingerprint density at radius 1 is 1.26 bits per heavy atom. The highest BCUT2D eigenvalue weighted by molar-refractivity contribution is 5.86. The van der Waals surface area contributed by atoms with Crippen molar-refractivity contribution in [3.05, 3.63) is 29.8 Å². The molecule has 1 spiro atoms. The summed E-state index contributed by atoms with van der Waals surface area (Å²) in [5.41, 5.74) is 0.0343. The van der Waals surface area contributed by atoms with Gasteiger partial charge in [-0.1, -0.05) is 19.1 Å². The number of carbonyl (C=O) groups is 2. The molecule has 0 unspecified atom stereocenters. The van der Waals surface area contributed by atoms with Gasteiger partial charge >= 0.3 is 5.97 Å². The first-order chi connectivity index (χ1) is 13.0. The second-order valence-electron chi connectivity index (χ2n) is 7.24. The molecule has 2 aliphatic rings. The second-order valence-corrected chi connectivity index (χ2v) is 7.24. The molecule has 0 radical (unpaired) electrons. The molecule has 2 saturated heterocycles. The molecular weight excluding hydrogens is 348 g/mol. The van der Waals surface area contributed by atoms with Gasteiger partial charge in [-0.3, -0.25) is 9.69 Å². The van der Waals surface area contributed by atoms with Gasteiger partial charge in [0.05, 0.1) is 20.1 Å². The smallest absolute Gasteiger partial charge is 0.328 e. The Kier molecular flexibility index (Phi) is 6.01. The molecule has 7 nitrogen and oxygen atoms in total. The largest absolute Gasteiger partial charge is 0.497 e. The van der Waals surface area contributed by atoms with E-state index in [9.17, 15) is 14.7 Å². The van der Waals surface area contributed by atoms with Crippen LogP contribution in [0.3, 0.4) is 0 Å². The van der Waals surface area contributed by atoms with Crippen molar-refractivity contribution in [1.82, 2.24) is 9.80 Å². The summed E-state index contributed by atoms with van der Waals surface area (Å²) in [7, 11) is 1.59. The van der Waals surface area contributed by atoms with Gasteiger partial charge in [0.15, 0.2) is 6.04 Å². The van der Waals surface area contributed by atoms with Crippen molar-refractivity contribution < 1.29 is 24.2 Å². The summed E-state index contributed by atoms with van der Waals surface area (Å²) in [5, 5.41) is 9.62. The molecule has 148 valence electrons. The third-order valence-corrected chi connectivity index (χ3v) is 5.51. The normalized spacial score (nSPS) is 22.1. The van der Waals surface area contributed by atoms with Crippen LogP contribution in [-0.4, -0.2) is 71.9 Å². The molecule has 27 heavy (non-hydrogen) atoms. The molecule has 0 aliphatic carbocycles. The van der Waals surface area contributed by atoms with Gasteiger partial charge in [-0.25, -0.2) is 4.79 Å². The molecule has 7 heteroatoms. The molecule has 2 fully saturated rings. The number of likely N-dealkylation sites (tertiary alicyclic amines) is 1. The van der Waals surface area contributed by atoms with E-state index in [1.54, 1.807) is 19.2 Å². The number of benzene rings is 1. The second kappa shape index (κ2) is 8.27. The van der Waals surface area contributed by atoms with E-state index in [1.165, 1.54) is 4.90 Å². The van der Waals surface area contributed by atoms with Crippen LogP contribution in [0, 0.1) is 0 Å². The van der Waals surface area contributed by atoms with Crippen LogP contribution >= 0.6 is 0 Å². The van der Waals surface area contributed by atoms with Gasteiger partial charge in [-0.05, 0) is 30.7 Å². The van der Waals surface area contributed by atoms with E-state index in [1.807, 2.05) is 12.1 Å². The number of piperidine rings is 1. The predicted octanol–water partition coefficient (Wildman–Crippen LogP) is 1.75. The Labute approximate surface area is 159 Å². The van der Waals surface area contributed by atoms with Gasteiger partial charge < -0.3 is 19.5 Å². The zero-order chi connectivity index (χ0) is 19.4. The molecule has 2 heterocycles. The van der Waals surface area contributed by atoms with Crippen molar-refractivity contribution in [1.29, 1.82) is 0 Å². The van der Waals surface area contributed by atoms with Crippen LogP contribution in [0.4, 0.5) is 0 Å². The van der Waals surface area contributed by atoms with E-state index in [0.29, 0.717) is 12.8 Å². The van der Waals surface area contributed by atoms with E-state index in [4.69, 9.17) is 9.47 Å². The third kappa shape index (κ3) is 4.09. The fourth-order valence-corrected chi connectivity index (χ4v) is 4.08.